The molecule has 0 unspecified atom stereocenters. The lowest BCUT2D eigenvalue weighted by Crippen LogP contribution is -2.11. The van der Waals surface area contributed by atoms with E-state index in [1.807, 2.05) is 0 Å². The number of nitrogens with zero attached hydrogens (tertiary/aromatic N) is 1. The maximum absolute atomic E-state index is 13.6. The lowest BCUT2D eigenvalue weighted by atomic mass is 10.1. The second-order valence-electron chi connectivity index (χ2n) is 3.97. The Morgan fingerprint density at radius 1 is 1.45 bits per heavy atom. The van der Waals surface area contributed by atoms with Gasteiger partial charge in [0, 0.05) is 6.42 Å². The third kappa shape index (κ3) is 3.05. The van der Waals surface area contributed by atoms with Crippen molar-refractivity contribution in [3.05, 3.63) is 41.2 Å². The van der Waals surface area contributed by atoms with Crippen molar-refractivity contribution in [3.63, 3.8) is 0 Å². The molecule has 3 N–H and O–H groups in total. The zero-order chi connectivity index (χ0) is 14.5. The molecule has 1 aromatic carbocycles. The summed E-state index contributed by atoms with van der Waals surface area (Å²) in [7, 11) is 0. The number of benzene rings is 1. The lowest BCUT2D eigenvalue weighted by molar-refractivity contribution is 0.102. The highest BCUT2D eigenvalue weighted by molar-refractivity contribution is 5.65. The van der Waals surface area contributed by atoms with Gasteiger partial charge in [-0.2, -0.15) is 0 Å². The quantitative estimate of drug-likeness (QED) is 0.838. The number of hydrogen-bond donors (Lipinski definition) is 2. The molecule has 20 heavy (non-hydrogen) atoms. The summed E-state index contributed by atoms with van der Waals surface area (Å²) in [6.45, 7) is 1.84. The number of ether oxygens (including phenoxy) is 2. The number of aromatic amines is 1. The molecule has 0 amide bonds. The summed E-state index contributed by atoms with van der Waals surface area (Å²) in [5.41, 5.74) is 6.55. The molecule has 2 rings (SSSR count). The first-order valence-electron chi connectivity index (χ1n) is 6.02. The number of anilines is 1. The molecule has 0 spiro atoms. The fraction of sp³-hybridized carbons (Fsp3) is 0.231. The molecule has 2 aromatic rings. The van der Waals surface area contributed by atoms with Gasteiger partial charge >= 0.3 is 6.16 Å². The molecular weight excluding hydrogens is 265 g/mol. The Kier molecular flexibility index (Phi) is 4.19. The molecule has 1 heterocycles. The predicted octanol–water partition coefficient (Wildman–Crippen LogP) is 2.26. The number of rotatable bonds is 4. The van der Waals surface area contributed by atoms with Gasteiger partial charge in [0.25, 0.3) is 5.88 Å². The van der Waals surface area contributed by atoms with Crippen molar-refractivity contribution in [2.24, 2.45) is 0 Å². The SMILES string of the molecule is CCOC(=O)Oc1n[nH]c(N)c1Cc1ccccc1F. The van der Waals surface area contributed by atoms with Crippen molar-refractivity contribution in [2.75, 3.05) is 12.3 Å². The van der Waals surface area contributed by atoms with Crippen molar-refractivity contribution in [2.45, 2.75) is 13.3 Å². The summed E-state index contributed by atoms with van der Waals surface area (Å²) >= 11 is 0. The maximum Gasteiger partial charge on any atom is 0.515 e. The van der Waals surface area contributed by atoms with Gasteiger partial charge in [0.05, 0.1) is 12.2 Å². The molecular formula is C13H14FN3O3. The van der Waals surface area contributed by atoms with E-state index in [0.717, 1.165) is 0 Å². The summed E-state index contributed by atoms with van der Waals surface area (Å²) in [5, 5.41) is 6.27. The first-order chi connectivity index (χ1) is 9.61. The highest BCUT2D eigenvalue weighted by atomic mass is 19.1. The van der Waals surface area contributed by atoms with Gasteiger partial charge in [-0.3, -0.25) is 5.10 Å². The Bertz CT molecular complexity index is 613. The zero-order valence-electron chi connectivity index (χ0n) is 10.9. The maximum atomic E-state index is 13.6. The number of halogens is 1. The molecule has 0 aliphatic rings. The van der Waals surface area contributed by atoms with E-state index in [1.54, 1.807) is 25.1 Å². The Labute approximate surface area is 114 Å². The van der Waals surface area contributed by atoms with Crippen molar-refractivity contribution in [1.82, 2.24) is 10.2 Å². The van der Waals surface area contributed by atoms with Gasteiger partial charge in [-0.05, 0) is 18.6 Å². The molecule has 0 bridgehead atoms. The predicted molar refractivity (Wildman–Crippen MR) is 69.9 cm³/mol. The van der Waals surface area contributed by atoms with E-state index in [4.69, 9.17) is 10.5 Å². The van der Waals surface area contributed by atoms with Crippen LogP contribution < -0.4 is 10.5 Å². The first kappa shape index (κ1) is 13.9. The second kappa shape index (κ2) is 6.05. The summed E-state index contributed by atoms with van der Waals surface area (Å²) in [6, 6.07) is 6.27. The highest BCUT2D eigenvalue weighted by Gasteiger charge is 2.18. The molecule has 0 saturated heterocycles. The minimum atomic E-state index is -0.881. The number of nitrogens with one attached hydrogen (secondary N) is 1. The molecule has 7 heteroatoms. The van der Waals surface area contributed by atoms with Crippen LogP contribution in [0.15, 0.2) is 24.3 Å². The van der Waals surface area contributed by atoms with E-state index >= 15 is 0 Å². The van der Waals surface area contributed by atoms with Gasteiger partial charge in [-0.1, -0.05) is 18.2 Å². The van der Waals surface area contributed by atoms with E-state index in [-0.39, 0.29) is 30.5 Å². The van der Waals surface area contributed by atoms with Gasteiger partial charge in [0.1, 0.15) is 11.6 Å². The number of carbonyl (C=O) groups excluding carboxylic acids is 1. The van der Waals surface area contributed by atoms with Crippen LogP contribution in [0.2, 0.25) is 0 Å². The molecule has 106 valence electrons. The Hall–Kier alpha value is -2.57. The third-order valence-corrected chi connectivity index (χ3v) is 2.63. The highest BCUT2D eigenvalue weighted by Crippen LogP contribution is 2.25. The summed E-state index contributed by atoms with van der Waals surface area (Å²) in [5.74, 6) is -0.160. The molecule has 1 aromatic heterocycles. The van der Waals surface area contributed by atoms with E-state index in [9.17, 15) is 9.18 Å². The van der Waals surface area contributed by atoms with Crippen LogP contribution in [0.5, 0.6) is 5.88 Å². The number of hydrogen-bond acceptors (Lipinski definition) is 5. The van der Waals surface area contributed by atoms with Crippen molar-refractivity contribution >= 4 is 12.0 Å². The minimum absolute atomic E-state index is 0.01000. The topological polar surface area (TPSA) is 90.2 Å². The molecule has 0 aliphatic carbocycles. The van der Waals surface area contributed by atoms with Crippen LogP contribution in [0.1, 0.15) is 18.1 Å². The average Bonchev–Trinajstić information content (AvgIpc) is 2.74. The summed E-state index contributed by atoms with van der Waals surface area (Å²) in [4.78, 5) is 11.3. The van der Waals surface area contributed by atoms with Gasteiger partial charge in [0.2, 0.25) is 0 Å². The Morgan fingerprint density at radius 2 is 2.20 bits per heavy atom. The zero-order valence-corrected chi connectivity index (χ0v) is 10.9. The molecule has 6 nitrogen and oxygen atoms in total. The van der Waals surface area contributed by atoms with Crippen LogP contribution >= 0.6 is 0 Å². The van der Waals surface area contributed by atoms with Gasteiger partial charge in [-0.25, -0.2) is 9.18 Å². The van der Waals surface area contributed by atoms with E-state index in [0.29, 0.717) is 11.1 Å². The Morgan fingerprint density at radius 3 is 2.90 bits per heavy atom. The van der Waals surface area contributed by atoms with Gasteiger partial charge in [0.15, 0.2) is 0 Å². The molecule has 0 atom stereocenters. The van der Waals surface area contributed by atoms with Crippen molar-refractivity contribution < 1.29 is 18.7 Å². The van der Waals surface area contributed by atoms with Gasteiger partial charge < -0.3 is 15.2 Å². The van der Waals surface area contributed by atoms with Crippen molar-refractivity contribution in [3.8, 4) is 5.88 Å². The monoisotopic (exact) mass is 279 g/mol. The van der Waals surface area contributed by atoms with Crippen LogP contribution in [0, 0.1) is 5.82 Å². The number of H-pyrrole nitrogens is 1. The van der Waals surface area contributed by atoms with Crippen LogP contribution in [-0.4, -0.2) is 23.0 Å². The molecule has 0 radical (unpaired) electrons. The average molecular weight is 279 g/mol. The third-order valence-electron chi connectivity index (χ3n) is 2.63. The summed E-state index contributed by atoms with van der Waals surface area (Å²) < 4.78 is 23.2. The molecule has 0 fully saturated rings. The number of nitrogen functional groups attached to an aromatic ring is 1. The number of carbonyl (C=O) groups is 1. The van der Waals surface area contributed by atoms with E-state index < -0.39 is 6.16 Å². The lowest BCUT2D eigenvalue weighted by Gasteiger charge is -2.05. The minimum Gasteiger partial charge on any atom is -0.434 e. The van der Waals surface area contributed by atoms with Crippen LogP contribution in [-0.2, 0) is 11.2 Å². The normalized spacial score (nSPS) is 10.3. The molecule has 0 saturated carbocycles. The van der Waals surface area contributed by atoms with Crippen LogP contribution in [0.3, 0.4) is 0 Å². The largest absolute Gasteiger partial charge is 0.515 e. The Balaban J connectivity index is 2.21. The molecule has 0 aliphatic heterocycles. The fourth-order valence-electron chi connectivity index (χ4n) is 1.67. The summed E-state index contributed by atoms with van der Waals surface area (Å²) in [6.07, 6.45) is -0.724. The fourth-order valence-corrected chi connectivity index (χ4v) is 1.67. The van der Waals surface area contributed by atoms with E-state index in [2.05, 4.69) is 14.9 Å². The number of nitrogens with two attached hydrogens (primary N) is 1. The number of aromatic nitrogens is 2. The van der Waals surface area contributed by atoms with Crippen LogP contribution in [0.25, 0.3) is 0 Å². The van der Waals surface area contributed by atoms with Crippen molar-refractivity contribution in [1.29, 1.82) is 0 Å². The second-order valence-corrected chi connectivity index (χ2v) is 3.97. The van der Waals surface area contributed by atoms with E-state index in [1.165, 1.54) is 6.07 Å². The first-order valence-corrected chi connectivity index (χ1v) is 6.02. The smallest absolute Gasteiger partial charge is 0.434 e. The van der Waals surface area contributed by atoms with Gasteiger partial charge in [-0.15, -0.1) is 5.10 Å². The van der Waals surface area contributed by atoms with Crippen LogP contribution in [0.4, 0.5) is 15.0 Å². The standard InChI is InChI=1S/C13H14FN3O3/c1-2-19-13(18)20-12-9(11(15)16-17-12)7-8-5-3-4-6-10(8)14/h3-6H,2,7H2,1H3,(H3,15,16,17).